The summed E-state index contributed by atoms with van der Waals surface area (Å²) in [6, 6.07) is 15.6. The first-order valence-electron chi connectivity index (χ1n) is 7.34. The molecule has 0 bridgehead atoms. The first-order chi connectivity index (χ1) is 11.3. The van der Waals surface area contributed by atoms with Gasteiger partial charge in [-0.3, -0.25) is 9.78 Å². The van der Waals surface area contributed by atoms with Crippen LogP contribution < -0.4 is 10.6 Å². The average molecular weight is 306 g/mol. The molecule has 1 heterocycles. The van der Waals surface area contributed by atoms with Crippen molar-refractivity contribution in [3.63, 3.8) is 0 Å². The molecule has 0 aliphatic rings. The van der Waals surface area contributed by atoms with Gasteiger partial charge in [0.1, 0.15) is 11.6 Å². The van der Waals surface area contributed by atoms with Crippen molar-refractivity contribution in [1.82, 2.24) is 15.6 Å². The van der Waals surface area contributed by atoms with E-state index in [1.807, 2.05) is 42.5 Å². The van der Waals surface area contributed by atoms with Gasteiger partial charge in [0, 0.05) is 31.7 Å². The van der Waals surface area contributed by atoms with Gasteiger partial charge in [-0.05, 0) is 23.6 Å². The van der Waals surface area contributed by atoms with Crippen LogP contribution in [0.3, 0.4) is 0 Å². The minimum Gasteiger partial charge on any atom is -0.389 e. The second-order valence-electron chi connectivity index (χ2n) is 4.90. The van der Waals surface area contributed by atoms with Gasteiger partial charge in [-0.25, -0.2) is 0 Å². The van der Waals surface area contributed by atoms with E-state index in [-0.39, 0.29) is 5.57 Å². The van der Waals surface area contributed by atoms with Gasteiger partial charge in [-0.1, -0.05) is 36.4 Å². The zero-order chi connectivity index (χ0) is 16.3. The Hall–Kier alpha value is -3.13. The summed E-state index contributed by atoms with van der Waals surface area (Å²) in [6.07, 6.45) is 5.63. The van der Waals surface area contributed by atoms with E-state index in [2.05, 4.69) is 15.6 Å². The fourth-order valence-electron chi connectivity index (χ4n) is 1.96. The molecule has 0 atom stereocenters. The molecule has 2 N–H and O–H groups in total. The van der Waals surface area contributed by atoms with Crippen molar-refractivity contribution in [3.8, 4) is 6.07 Å². The zero-order valence-electron chi connectivity index (χ0n) is 12.7. The van der Waals surface area contributed by atoms with Crippen molar-refractivity contribution in [1.29, 1.82) is 5.26 Å². The Bertz CT molecular complexity index is 690. The Morgan fingerprint density at radius 3 is 2.65 bits per heavy atom. The quantitative estimate of drug-likeness (QED) is 0.465. The number of hydrogen-bond acceptors (Lipinski definition) is 4. The van der Waals surface area contributed by atoms with Crippen LogP contribution in [0.1, 0.15) is 11.1 Å². The molecule has 23 heavy (non-hydrogen) atoms. The second-order valence-corrected chi connectivity index (χ2v) is 4.90. The lowest BCUT2D eigenvalue weighted by atomic mass is 10.1. The lowest BCUT2D eigenvalue weighted by Crippen LogP contribution is -2.25. The molecule has 0 aliphatic heterocycles. The summed E-state index contributed by atoms with van der Waals surface area (Å²) in [4.78, 5) is 15.9. The Morgan fingerprint density at radius 2 is 1.96 bits per heavy atom. The molecule has 5 heteroatoms. The van der Waals surface area contributed by atoms with E-state index in [0.717, 1.165) is 12.0 Å². The summed E-state index contributed by atoms with van der Waals surface area (Å²) in [7, 11) is 0. The van der Waals surface area contributed by atoms with Gasteiger partial charge in [-0.2, -0.15) is 5.26 Å². The standard InChI is InChI=1S/C18H18N4O/c19-11-17(14-21-10-8-15-5-2-1-3-6-15)18(23)22-13-16-7-4-9-20-12-16/h1-7,9,12,14,21H,8,10,13H2,(H,22,23)/b17-14-. The lowest BCUT2D eigenvalue weighted by Gasteiger charge is -2.05. The number of benzene rings is 1. The summed E-state index contributed by atoms with van der Waals surface area (Å²) < 4.78 is 0. The summed E-state index contributed by atoms with van der Waals surface area (Å²) >= 11 is 0. The Morgan fingerprint density at radius 1 is 1.17 bits per heavy atom. The maximum atomic E-state index is 11.9. The molecule has 5 nitrogen and oxygen atoms in total. The Labute approximate surface area is 135 Å². The van der Waals surface area contributed by atoms with Crippen molar-refractivity contribution in [3.05, 3.63) is 77.8 Å². The largest absolute Gasteiger partial charge is 0.389 e. The third-order valence-electron chi connectivity index (χ3n) is 3.19. The smallest absolute Gasteiger partial charge is 0.263 e. The molecule has 2 aromatic rings. The third kappa shape index (κ3) is 5.64. The molecule has 0 radical (unpaired) electrons. The van der Waals surface area contributed by atoms with Crippen LogP contribution in [0.2, 0.25) is 0 Å². The number of aromatic nitrogens is 1. The average Bonchev–Trinajstić information content (AvgIpc) is 2.61. The van der Waals surface area contributed by atoms with Crippen molar-refractivity contribution in [2.24, 2.45) is 0 Å². The molecule has 0 aliphatic carbocycles. The van der Waals surface area contributed by atoms with E-state index >= 15 is 0 Å². The van der Waals surface area contributed by atoms with E-state index < -0.39 is 5.91 Å². The normalized spacial score (nSPS) is 10.7. The van der Waals surface area contributed by atoms with E-state index in [4.69, 9.17) is 5.26 Å². The Kier molecular flexibility index (Phi) is 6.36. The molecule has 1 amide bonds. The molecule has 0 spiro atoms. The topological polar surface area (TPSA) is 77.8 Å². The van der Waals surface area contributed by atoms with Crippen LogP contribution in [-0.4, -0.2) is 17.4 Å². The summed E-state index contributed by atoms with van der Waals surface area (Å²) in [6.45, 7) is 1.00. The third-order valence-corrected chi connectivity index (χ3v) is 3.19. The van der Waals surface area contributed by atoms with Crippen LogP contribution in [-0.2, 0) is 17.8 Å². The zero-order valence-corrected chi connectivity index (χ0v) is 12.7. The number of hydrogen-bond donors (Lipinski definition) is 2. The van der Waals surface area contributed by atoms with Crippen LogP contribution in [0.15, 0.2) is 66.6 Å². The van der Waals surface area contributed by atoms with Crippen molar-refractivity contribution in [2.75, 3.05) is 6.54 Å². The van der Waals surface area contributed by atoms with Crippen molar-refractivity contribution >= 4 is 5.91 Å². The van der Waals surface area contributed by atoms with Crippen molar-refractivity contribution < 1.29 is 4.79 Å². The maximum absolute atomic E-state index is 11.9. The van der Waals surface area contributed by atoms with Gasteiger partial charge < -0.3 is 10.6 Å². The van der Waals surface area contributed by atoms with Gasteiger partial charge in [0.25, 0.3) is 5.91 Å². The monoisotopic (exact) mass is 306 g/mol. The SMILES string of the molecule is N#C/C(=C/NCCc1ccccc1)C(=O)NCc1cccnc1. The first kappa shape index (κ1) is 16.2. The van der Waals surface area contributed by atoms with Gasteiger partial charge in [-0.15, -0.1) is 0 Å². The first-order valence-corrected chi connectivity index (χ1v) is 7.34. The fourth-order valence-corrected chi connectivity index (χ4v) is 1.96. The van der Waals surface area contributed by atoms with Gasteiger partial charge >= 0.3 is 0 Å². The number of carbonyl (C=O) groups excluding carboxylic acids is 1. The molecule has 1 aromatic carbocycles. The van der Waals surface area contributed by atoms with E-state index in [9.17, 15) is 4.79 Å². The van der Waals surface area contributed by atoms with Gasteiger partial charge in [0.15, 0.2) is 0 Å². The molecule has 1 aromatic heterocycles. The number of amides is 1. The molecular weight excluding hydrogens is 288 g/mol. The molecule has 0 unspecified atom stereocenters. The van der Waals surface area contributed by atoms with Crippen LogP contribution in [0.25, 0.3) is 0 Å². The molecular formula is C18H18N4O. The molecule has 0 fully saturated rings. The predicted octanol–water partition coefficient (Wildman–Crippen LogP) is 1.94. The molecule has 116 valence electrons. The molecule has 2 rings (SSSR count). The minimum absolute atomic E-state index is 0.0574. The number of nitriles is 1. The number of nitrogens with zero attached hydrogens (tertiary/aromatic N) is 2. The molecule has 0 saturated heterocycles. The number of nitrogens with one attached hydrogen (secondary N) is 2. The van der Waals surface area contributed by atoms with Crippen LogP contribution >= 0.6 is 0 Å². The summed E-state index contributed by atoms with van der Waals surface area (Å²) in [5.41, 5.74) is 2.14. The second kappa shape index (κ2) is 9.00. The summed E-state index contributed by atoms with van der Waals surface area (Å²) in [5.74, 6) is -0.399. The molecule has 0 saturated carbocycles. The summed E-state index contributed by atoms with van der Waals surface area (Å²) in [5, 5.41) is 14.8. The number of pyridine rings is 1. The highest BCUT2D eigenvalue weighted by Crippen LogP contribution is 1.99. The highest BCUT2D eigenvalue weighted by molar-refractivity contribution is 5.97. The van der Waals surface area contributed by atoms with Crippen LogP contribution in [0, 0.1) is 11.3 Å². The van der Waals surface area contributed by atoms with E-state index in [1.165, 1.54) is 11.8 Å². The lowest BCUT2D eigenvalue weighted by molar-refractivity contribution is -0.117. The van der Waals surface area contributed by atoms with Crippen LogP contribution in [0.4, 0.5) is 0 Å². The number of carbonyl (C=O) groups is 1. The van der Waals surface area contributed by atoms with E-state index in [1.54, 1.807) is 18.5 Å². The Balaban J connectivity index is 1.79. The minimum atomic E-state index is -0.399. The van der Waals surface area contributed by atoms with Crippen LogP contribution in [0.5, 0.6) is 0 Å². The fraction of sp³-hybridized carbons (Fsp3) is 0.167. The number of rotatable bonds is 7. The maximum Gasteiger partial charge on any atom is 0.263 e. The predicted molar refractivity (Wildman–Crippen MR) is 87.9 cm³/mol. The highest BCUT2D eigenvalue weighted by atomic mass is 16.1. The van der Waals surface area contributed by atoms with E-state index in [0.29, 0.717) is 13.1 Å². The van der Waals surface area contributed by atoms with Gasteiger partial charge in [0.2, 0.25) is 0 Å². The highest BCUT2D eigenvalue weighted by Gasteiger charge is 2.08. The van der Waals surface area contributed by atoms with Crippen molar-refractivity contribution in [2.45, 2.75) is 13.0 Å². The van der Waals surface area contributed by atoms with Gasteiger partial charge in [0.05, 0.1) is 0 Å².